The number of carboxylic acid groups (broad SMARTS) is 1. The van der Waals surface area contributed by atoms with E-state index in [2.05, 4.69) is 0 Å². The summed E-state index contributed by atoms with van der Waals surface area (Å²) in [7, 11) is 0. The topological polar surface area (TPSA) is 83.6 Å². The highest BCUT2D eigenvalue weighted by Crippen LogP contribution is 2.15. The van der Waals surface area contributed by atoms with Crippen molar-refractivity contribution < 1.29 is 28.2 Å². The summed E-state index contributed by atoms with van der Waals surface area (Å²) in [6.45, 7) is -1.33. The first-order valence-corrected chi connectivity index (χ1v) is 7.54. The number of hydrogen-bond acceptors (Lipinski definition) is 3. The van der Waals surface area contributed by atoms with Gasteiger partial charge in [0.2, 0.25) is 6.43 Å². The van der Waals surface area contributed by atoms with Gasteiger partial charge in [0.1, 0.15) is 6.67 Å². The van der Waals surface area contributed by atoms with E-state index in [0.717, 1.165) is 25.7 Å². The van der Waals surface area contributed by atoms with E-state index < -0.39 is 30.7 Å². The number of nitrogens with two attached hydrogens (primary N) is 1. The second-order valence-electron chi connectivity index (χ2n) is 5.43. The number of carboxylic acids is 1. The van der Waals surface area contributed by atoms with E-state index in [1.165, 1.54) is 0 Å². The molecule has 4 N–H and O–H groups in total. The van der Waals surface area contributed by atoms with Gasteiger partial charge in [-0.2, -0.15) is 0 Å². The Kier molecular flexibility index (Phi) is 10.9. The van der Waals surface area contributed by atoms with Crippen molar-refractivity contribution in [2.75, 3.05) is 6.67 Å². The number of aliphatic hydroxyl groups is 1. The van der Waals surface area contributed by atoms with Gasteiger partial charge in [0.05, 0.1) is 6.10 Å². The van der Waals surface area contributed by atoms with Crippen LogP contribution in [0.25, 0.3) is 0 Å². The van der Waals surface area contributed by atoms with Crippen molar-refractivity contribution in [2.45, 2.75) is 69.4 Å². The molecular weight excluding hydrogens is 299 g/mol. The Morgan fingerprint density at radius 3 is 2.23 bits per heavy atom. The van der Waals surface area contributed by atoms with Crippen LogP contribution in [0.1, 0.15) is 51.4 Å². The number of halogens is 3. The molecule has 2 unspecified atom stereocenters. The predicted octanol–water partition coefficient (Wildman–Crippen LogP) is 3.04. The standard InChI is InChI=1S/C15H26F3NO3/c16-11-15(19,14(21)22)12(20)9-7-5-3-1-2-4-6-8-10-13(17)18/h3,5,12-13,20H,1-2,4,6-11,19H2,(H,21,22)/b5-3+. The van der Waals surface area contributed by atoms with Gasteiger partial charge in [-0.3, -0.25) is 4.79 Å². The van der Waals surface area contributed by atoms with Gasteiger partial charge in [-0.1, -0.05) is 25.0 Å². The first kappa shape index (κ1) is 20.9. The second kappa shape index (κ2) is 11.5. The Bertz CT molecular complexity index is 340. The minimum atomic E-state index is -2.25. The van der Waals surface area contributed by atoms with Gasteiger partial charge in [-0.25, -0.2) is 13.2 Å². The first-order valence-electron chi connectivity index (χ1n) is 7.54. The van der Waals surface area contributed by atoms with E-state index in [9.17, 15) is 23.1 Å². The molecule has 0 heterocycles. The predicted molar refractivity (Wildman–Crippen MR) is 78.6 cm³/mol. The van der Waals surface area contributed by atoms with Gasteiger partial charge in [-0.05, 0) is 32.1 Å². The molecule has 0 rings (SSSR count). The molecule has 0 saturated carbocycles. The summed E-state index contributed by atoms with van der Waals surface area (Å²) in [5.41, 5.74) is 3.06. The monoisotopic (exact) mass is 325 g/mol. The highest BCUT2D eigenvalue weighted by atomic mass is 19.3. The number of aliphatic carboxylic acids is 1. The molecule has 0 aliphatic carbocycles. The van der Waals surface area contributed by atoms with Crippen molar-refractivity contribution in [3.63, 3.8) is 0 Å². The molecular formula is C15H26F3NO3. The maximum Gasteiger partial charge on any atom is 0.329 e. The SMILES string of the molecule is NC(CF)(C(=O)O)C(O)CC/C=C/CCCCCCC(F)F. The molecule has 7 heteroatoms. The highest BCUT2D eigenvalue weighted by Gasteiger charge is 2.41. The fourth-order valence-corrected chi connectivity index (χ4v) is 1.95. The molecule has 0 aliphatic rings. The Hall–Kier alpha value is -1.08. The second-order valence-corrected chi connectivity index (χ2v) is 5.43. The molecule has 0 radical (unpaired) electrons. The molecule has 0 spiro atoms. The van der Waals surface area contributed by atoms with E-state index in [1.54, 1.807) is 6.08 Å². The summed E-state index contributed by atoms with van der Waals surface area (Å²) >= 11 is 0. The maximum absolute atomic E-state index is 12.6. The van der Waals surface area contributed by atoms with Crippen LogP contribution in [0.15, 0.2) is 12.2 Å². The van der Waals surface area contributed by atoms with Crippen LogP contribution in [0, 0.1) is 0 Å². The lowest BCUT2D eigenvalue weighted by Gasteiger charge is -2.26. The maximum atomic E-state index is 12.6. The average Bonchev–Trinajstić information content (AvgIpc) is 2.47. The molecule has 130 valence electrons. The van der Waals surface area contributed by atoms with Crippen LogP contribution >= 0.6 is 0 Å². The molecule has 0 aromatic rings. The van der Waals surface area contributed by atoms with Crippen LogP contribution in [0.5, 0.6) is 0 Å². The molecule has 0 fully saturated rings. The van der Waals surface area contributed by atoms with Crippen molar-refractivity contribution >= 4 is 5.97 Å². The summed E-state index contributed by atoms with van der Waals surface area (Å²) < 4.78 is 36.4. The van der Waals surface area contributed by atoms with Crippen molar-refractivity contribution in [1.29, 1.82) is 0 Å². The third-order valence-electron chi connectivity index (χ3n) is 3.53. The van der Waals surface area contributed by atoms with Gasteiger partial charge >= 0.3 is 5.97 Å². The van der Waals surface area contributed by atoms with Crippen molar-refractivity contribution in [3.05, 3.63) is 12.2 Å². The Morgan fingerprint density at radius 1 is 1.09 bits per heavy atom. The minimum absolute atomic E-state index is 0.0489. The molecule has 4 nitrogen and oxygen atoms in total. The molecule has 0 bridgehead atoms. The number of rotatable bonds is 13. The van der Waals surface area contributed by atoms with Crippen molar-refractivity contribution in [1.82, 2.24) is 0 Å². The van der Waals surface area contributed by atoms with E-state index in [4.69, 9.17) is 10.8 Å². The number of allylic oxidation sites excluding steroid dienone is 2. The van der Waals surface area contributed by atoms with E-state index in [-0.39, 0.29) is 12.8 Å². The third-order valence-corrected chi connectivity index (χ3v) is 3.53. The summed E-state index contributed by atoms with van der Waals surface area (Å²) in [5, 5.41) is 18.4. The average molecular weight is 325 g/mol. The van der Waals surface area contributed by atoms with E-state index in [1.807, 2.05) is 6.08 Å². The normalized spacial score (nSPS) is 16.1. The largest absolute Gasteiger partial charge is 0.480 e. The van der Waals surface area contributed by atoms with Crippen LogP contribution in [-0.2, 0) is 4.79 Å². The van der Waals surface area contributed by atoms with Gasteiger partial charge in [0.25, 0.3) is 0 Å². The zero-order valence-electron chi connectivity index (χ0n) is 12.7. The Morgan fingerprint density at radius 2 is 1.68 bits per heavy atom. The van der Waals surface area contributed by atoms with Crippen LogP contribution in [0.3, 0.4) is 0 Å². The van der Waals surface area contributed by atoms with Gasteiger partial charge < -0.3 is 15.9 Å². The summed E-state index contributed by atoms with van der Waals surface area (Å²) in [6.07, 6.45) is 4.28. The number of carbonyl (C=O) groups is 1. The first-order chi connectivity index (χ1) is 10.3. The van der Waals surface area contributed by atoms with Crippen molar-refractivity contribution in [2.24, 2.45) is 5.73 Å². The minimum Gasteiger partial charge on any atom is -0.480 e. The zero-order chi connectivity index (χ0) is 17.0. The summed E-state index contributed by atoms with van der Waals surface area (Å²) in [5.74, 6) is -1.56. The van der Waals surface area contributed by atoms with Crippen LogP contribution in [0.4, 0.5) is 13.2 Å². The van der Waals surface area contributed by atoms with E-state index >= 15 is 0 Å². The van der Waals surface area contributed by atoms with Crippen LogP contribution in [0.2, 0.25) is 0 Å². The van der Waals surface area contributed by atoms with Crippen LogP contribution in [-0.4, -0.2) is 40.9 Å². The van der Waals surface area contributed by atoms with Gasteiger partial charge in [0, 0.05) is 6.42 Å². The number of aliphatic hydroxyl groups excluding tert-OH is 1. The molecule has 0 saturated heterocycles. The smallest absolute Gasteiger partial charge is 0.329 e. The Balaban J connectivity index is 3.72. The lowest BCUT2D eigenvalue weighted by atomic mass is 9.92. The van der Waals surface area contributed by atoms with Crippen molar-refractivity contribution in [3.8, 4) is 0 Å². The summed E-state index contributed by atoms with van der Waals surface area (Å²) in [4.78, 5) is 10.8. The molecule has 0 aromatic carbocycles. The Labute approximate surface area is 129 Å². The fraction of sp³-hybridized carbons (Fsp3) is 0.800. The molecule has 0 aromatic heterocycles. The fourth-order valence-electron chi connectivity index (χ4n) is 1.95. The summed E-state index contributed by atoms with van der Waals surface area (Å²) in [6, 6.07) is 0. The number of hydrogen-bond donors (Lipinski definition) is 3. The van der Waals surface area contributed by atoms with Gasteiger partial charge in [0.15, 0.2) is 5.54 Å². The molecule has 0 aliphatic heterocycles. The van der Waals surface area contributed by atoms with E-state index in [0.29, 0.717) is 12.8 Å². The van der Waals surface area contributed by atoms with Crippen LogP contribution < -0.4 is 5.73 Å². The third kappa shape index (κ3) is 8.38. The quantitative estimate of drug-likeness (QED) is 0.359. The molecule has 2 atom stereocenters. The lowest BCUT2D eigenvalue weighted by molar-refractivity contribution is -0.149. The molecule has 22 heavy (non-hydrogen) atoms. The number of alkyl halides is 3. The number of unbranched alkanes of at least 4 members (excludes halogenated alkanes) is 4. The lowest BCUT2D eigenvalue weighted by Crippen LogP contribution is -2.59. The molecule has 0 amide bonds. The van der Waals surface area contributed by atoms with Gasteiger partial charge in [-0.15, -0.1) is 0 Å². The highest BCUT2D eigenvalue weighted by molar-refractivity contribution is 5.79. The zero-order valence-corrected chi connectivity index (χ0v) is 12.7.